The molecule has 1 aromatic rings. The van der Waals surface area contributed by atoms with Gasteiger partial charge in [0.15, 0.2) is 0 Å². The molecular weight excluding hydrogens is 314 g/mol. The van der Waals surface area contributed by atoms with Gasteiger partial charge in [-0.15, -0.1) is 0 Å². The van der Waals surface area contributed by atoms with Gasteiger partial charge >= 0.3 is 0 Å². The monoisotopic (exact) mass is 335 g/mol. The maximum Gasteiger partial charge on any atom is 0.229 e. The van der Waals surface area contributed by atoms with Crippen LogP contribution in [0.1, 0.15) is 13.8 Å². The Balaban J connectivity index is 3.32. The van der Waals surface area contributed by atoms with Gasteiger partial charge in [-0.2, -0.15) is 0 Å². The molecule has 0 saturated carbocycles. The van der Waals surface area contributed by atoms with Crippen LogP contribution in [0.2, 0.25) is 0 Å². The van der Waals surface area contributed by atoms with Crippen LogP contribution in [-0.2, 0) is 20.0 Å². The predicted octanol–water partition coefficient (Wildman–Crippen LogP) is 1.28. The summed E-state index contributed by atoms with van der Waals surface area (Å²) in [5, 5.41) is 0. The number of hydrogen-bond acceptors (Lipinski definition) is 5. The van der Waals surface area contributed by atoms with E-state index in [1.165, 1.54) is 0 Å². The fourth-order valence-electron chi connectivity index (χ4n) is 1.89. The minimum Gasteiger partial charge on any atom is -0.372 e. The zero-order valence-electron chi connectivity index (χ0n) is 12.5. The van der Waals surface area contributed by atoms with Gasteiger partial charge < -0.3 is 4.90 Å². The summed E-state index contributed by atoms with van der Waals surface area (Å²) >= 11 is 0. The lowest BCUT2D eigenvalue weighted by Crippen LogP contribution is -2.22. The van der Waals surface area contributed by atoms with Crippen LogP contribution in [0.4, 0.5) is 17.1 Å². The van der Waals surface area contributed by atoms with Gasteiger partial charge in [0.2, 0.25) is 20.0 Å². The number of anilines is 3. The van der Waals surface area contributed by atoms with E-state index in [0.29, 0.717) is 0 Å². The van der Waals surface area contributed by atoms with Gasteiger partial charge in [0.05, 0.1) is 23.9 Å². The van der Waals surface area contributed by atoms with Crippen molar-refractivity contribution in [3.63, 3.8) is 0 Å². The molecule has 1 rings (SSSR count). The van der Waals surface area contributed by atoms with Crippen LogP contribution in [-0.4, -0.2) is 42.4 Å². The first kappa shape index (κ1) is 17.6. The molecule has 0 spiro atoms. The van der Waals surface area contributed by atoms with Crippen molar-refractivity contribution in [1.29, 1.82) is 0 Å². The quantitative estimate of drug-likeness (QED) is 0.782. The molecule has 0 aromatic heterocycles. The number of nitrogens with zero attached hydrogens (tertiary/aromatic N) is 1. The van der Waals surface area contributed by atoms with Gasteiger partial charge in [-0.1, -0.05) is 0 Å². The summed E-state index contributed by atoms with van der Waals surface area (Å²) in [6.45, 7) is 5.48. The van der Waals surface area contributed by atoms with Crippen LogP contribution in [0.5, 0.6) is 0 Å². The zero-order valence-corrected chi connectivity index (χ0v) is 14.2. The lowest BCUT2D eigenvalue weighted by atomic mass is 10.2. The summed E-state index contributed by atoms with van der Waals surface area (Å²) in [6.07, 6.45) is 2.02. The Morgan fingerprint density at radius 2 is 1.38 bits per heavy atom. The second kappa shape index (κ2) is 6.52. The summed E-state index contributed by atoms with van der Waals surface area (Å²) in [6, 6.07) is 4.90. The Kier molecular flexibility index (Phi) is 5.46. The maximum atomic E-state index is 11.4. The van der Waals surface area contributed by atoms with Gasteiger partial charge in [-0.3, -0.25) is 9.44 Å². The van der Waals surface area contributed by atoms with Crippen molar-refractivity contribution in [2.75, 3.05) is 39.9 Å². The Morgan fingerprint density at radius 3 is 1.81 bits per heavy atom. The van der Waals surface area contributed by atoms with Crippen molar-refractivity contribution in [3.05, 3.63) is 18.2 Å². The molecule has 120 valence electrons. The Bertz CT molecular complexity index is 695. The maximum absolute atomic E-state index is 11.4. The van der Waals surface area contributed by atoms with E-state index < -0.39 is 20.0 Å². The third-order valence-corrected chi connectivity index (χ3v) is 3.90. The van der Waals surface area contributed by atoms with Crippen molar-refractivity contribution >= 4 is 37.1 Å². The first-order valence-electron chi connectivity index (χ1n) is 6.40. The van der Waals surface area contributed by atoms with Gasteiger partial charge in [0, 0.05) is 18.8 Å². The normalized spacial score (nSPS) is 12.0. The number of hydrogen-bond donors (Lipinski definition) is 2. The molecule has 0 saturated heterocycles. The van der Waals surface area contributed by atoms with E-state index in [-0.39, 0.29) is 11.4 Å². The Morgan fingerprint density at radius 1 is 0.905 bits per heavy atom. The highest BCUT2D eigenvalue weighted by molar-refractivity contribution is 7.92. The lowest BCUT2D eigenvalue weighted by Gasteiger charge is -2.23. The van der Waals surface area contributed by atoms with Crippen molar-refractivity contribution < 1.29 is 16.8 Å². The van der Waals surface area contributed by atoms with E-state index in [4.69, 9.17) is 0 Å². The molecule has 9 heteroatoms. The molecule has 0 aliphatic heterocycles. The molecule has 1 aromatic carbocycles. The van der Waals surface area contributed by atoms with Gasteiger partial charge in [-0.05, 0) is 32.0 Å². The topological polar surface area (TPSA) is 95.6 Å². The molecule has 0 aliphatic rings. The van der Waals surface area contributed by atoms with Crippen LogP contribution >= 0.6 is 0 Å². The SMILES string of the molecule is CCN(CC)c1ccc(NS(C)(=O)=O)c(NS(C)(=O)=O)c1. The van der Waals surface area contributed by atoms with E-state index in [2.05, 4.69) is 9.44 Å². The predicted molar refractivity (Wildman–Crippen MR) is 86.9 cm³/mol. The third kappa shape index (κ3) is 5.80. The molecular formula is C12H21N3O4S2. The van der Waals surface area contributed by atoms with Crippen molar-refractivity contribution in [2.24, 2.45) is 0 Å². The Hall–Kier alpha value is -1.48. The summed E-state index contributed by atoms with van der Waals surface area (Å²) in [5.41, 5.74) is 1.20. The minimum absolute atomic E-state index is 0.193. The van der Waals surface area contributed by atoms with E-state index in [0.717, 1.165) is 31.3 Å². The van der Waals surface area contributed by atoms with Crippen LogP contribution in [0, 0.1) is 0 Å². The Labute approximate surface area is 126 Å². The smallest absolute Gasteiger partial charge is 0.229 e. The standard InChI is InChI=1S/C12H21N3O4S2/c1-5-15(6-2)10-7-8-11(13-20(3,16)17)12(9-10)14-21(4,18)19/h7-9,13-14H,5-6H2,1-4H3. The van der Waals surface area contributed by atoms with Crippen molar-refractivity contribution in [3.8, 4) is 0 Å². The first-order valence-corrected chi connectivity index (χ1v) is 10.2. The molecule has 0 amide bonds. The first-order chi connectivity index (χ1) is 9.55. The van der Waals surface area contributed by atoms with Gasteiger partial charge in [0.25, 0.3) is 0 Å². The molecule has 0 fully saturated rings. The minimum atomic E-state index is -3.51. The largest absolute Gasteiger partial charge is 0.372 e. The summed E-state index contributed by atoms with van der Waals surface area (Å²) in [4.78, 5) is 2.03. The van der Waals surface area contributed by atoms with E-state index in [9.17, 15) is 16.8 Å². The molecule has 0 unspecified atom stereocenters. The number of nitrogens with one attached hydrogen (secondary N) is 2. The van der Waals surface area contributed by atoms with Crippen LogP contribution in [0.3, 0.4) is 0 Å². The molecule has 0 radical (unpaired) electrons. The van der Waals surface area contributed by atoms with Crippen molar-refractivity contribution in [2.45, 2.75) is 13.8 Å². The average molecular weight is 335 g/mol. The number of benzene rings is 1. The molecule has 7 nitrogen and oxygen atoms in total. The number of sulfonamides is 2. The van der Waals surface area contributed by atoms with Gasteiger partial charge in [-0.25, -0.2) is 16.8 Å². The van der Waals surface area contributed by atoms with Crippen LogP contribution in [0.15, 0.2) is 18.2 Å². The van der Waals surface area contributed by atoms with Gasteiger partial charge in [0.1, 0.15) is 0 Å². The van der Waals surface area contributed by atoms with Crippen LogP contribution in [0.25, 0.3) is 0 Å². The summed E-state index contributed by atoms with van der Waals surface area (Å²) in [5.74, 6) is 0. The molecule has 21 heavy (non-hydrogen) atoms. The molecule has 0 heterocycles. The zero-order chi connectivity index (χ0) is 16.3. The summed E-state index contributed by atoms with van der Waals surface area (Å²) < 4.78 is 50.2. The third-order valence-electron chi connectivity index (χ3n) is 2.72. The lowest BCUT2D eigenvalue weighted by molar-refractivity contribution is 0.604. The highest BCUT2D eigenvalue weighted by Crippen LogP contribution is 2.29. The fraction of sp³-hybridized carbons (Fsp3) is 0.500. The van der Waals surface area contributed by atoms with E-state index in [1.807, 2.05) is 18.7 Å². The molecule has 0 bridgehead atoms. The van der Waals surface area contributed by atoms with E-state index in [1.54, 1.807) is 18.2 Å². The molecule has 0 atom stereocenters. The second-order valence-electron chi connectivity index (χ2n) is 4.65. The average Bonchev–Trinajstić information content (AvgIpc) is 2.30. The van der Waals surface area contributed by atoms with E-state index >= 15 is 0 Å². The summed E-state index contributed by atoms with van der Waals surface area (Å²) in [7, 11) is -7.01. The highest BCUT2D eigenvalue weighted by Gasteiger charge is 2.13. The highest BCUT2D eigenvalue weighted by atomic mass is 32.2. The molecule has 0 aliphatic carbocycles. The fourth-order valence-corrected chi connectivity index (χ4v) is 3.04. The number of rotatable bonds is 7. The second-order valence-corrected chi connectivity index (χ2v) is 8.15. The molecule has 2 N–H and O–H groups in total. The van der Waals surface area contributed by atoms with Crippen molar-refractivity contribution in [1.82, 2.24) is 0 Å². The van der Waals surface area contributed by atoms with Crippen LogP contribution < -0.4 is 14.3 Å².